The minimum atomic E-state index is -0.884. The van der Waals surface area contributed by atoms with Gasteiger partial charge in [0.25, 0.3) is 0 Å². The molecule has 25 heavy (non-hydrogen) atoms. The maximum atomic E-state index is 12.6. The number of nitrogens with two attached hydrogens (primary N) is 1. The van der Waals surface area contributed by atoms with Crippen LogP contribution in [-0.2, 0) is 16.0 Å². The molecule has 2 aromatic heterocycles. The van der Waals surface area contributed by atoms with Crippen molar-refractivity contribution in [3.8, 4) is 0 Å². The predicted molar refractivity (Wildman–Crippen MR) is 93.5 cm³/mol. The molecule has 0 bridgehead atoms. The highest BCUT2D eigenvalue weighted by atomic mass is 16.2. The number of benzene rings is 1. The Balaban J connectivity index is 1.77. The van der Waals surface area contributed by atoms with Gasteiger partial charge in [0.2, 0.25) is 11.8 Å². The Morgan fingerprint density at radius 1 is 1.24 bits per heavy atom. The maximum absolute atomic E-state index is 12.6. The SMILES string of the molecule is CNC(=O)[C@H](Cc1cnc[nH]1)NC(=O)[C@@H](N)c1c[nH]c2ccccc12. The first-order chi connectivity index (χ1) is 12.1. The molecule has 0 spiro atoms. The van der Waals surface area contributed by atoms with E-state index in [2.05, 4.69) is 25.6 Å². The van der Waals surface area contributed by atoms with Gasteiger partial charge in [0, 0.05) is 48.0 Å². The third-order valence-electron chi connectivity index (χ3n) is 4.10. The van der Waals surface area contributed by atoms with E-state index in [-0.39, 0.29) is 5.91 Å². The molecule has 2 atom stereocenters. The summed E-state index contributed by atoms with van der Waals surface area (Å²) in [5, 5.41) is 6.16. The van der Waals surface area contributed by atoms with E-state index in [0.717, 1.165) is 16.6 Å². The second kappa shape index (κ2) is 7.18. The topological polar surface area (TPSA) is 129 Å². The van der Waals surface area contributed by atoms with Gasteiger partial charge in [0.15, 0.2) is 0 Å². The molecule has 0 aliphatic rings. The van der Waals surface area contributed by atoms with Crippen molar-refractivity contribution in [3.05, 3.63) is 54.2 Å². The molecule has 2 amide bonds. The minimum Gasteiger partial charge on any atom is -0.361 e. The number of fused-ring (bicyclic) bond motifs is 1. The third-order valence-corrected chi connectivity index (χ3v) is 4.10. The fourth-order valence-corrected chi connectivity index (χ4v) is 2.75. The third kappa shape index (κ3) is 3.53. The number of imidazole rings is 1. The van der Waals surface area contributed by atoms with Crippen LogP contribution in [0.15, 0.2) is 43.0 Å². The molecule has 3 rings (SSSR count). The molecule has 0 radical (unpaired) electrons. The summed E-state index contributed by atoms with van der Waals surface area (Å²) >= 11 is 0. The first kappa shape index (κ1) is 16.7. The summed E-state index contributed by atoms with van der Waals surface area (Å²) in [6, 6.07) is 5.97. The summed E-state index contributed by atoms with van der Waals surface area (Å²) in [5.41, 5.74) is 8.46. The molecule has 0 unspecified atom stereocenters. The van der Waals surface area contributed by atoms with Gasteiger partial charge in [-0.3, -0.25) is 9.59 Å². The molecule has 1 aromatic carbocycles. The van der Waals surface area contributed by atoms with E-state index < -0.39 is 18.0 Å². The van der Waals surface area contributed by atoms with Gasteiger partial charge in [-0.25, -0.2) is 4.98 Å². The average Bonchev–Trinajstić information content (AvgIpc) is 3.29. The standard InChI is InChI=1S/C17H20N6O2/c1-19-16(24)14(6-10-7-20-9-22-10)23-17(25)15(18)12-8-21-13-5-3-2-4-11(12)13/h2-5,7-9,14-15,21H,6,18H2,1H3,(H,19,24)(H,20,22)(H,23,25)/t14-,15-/m0/s1. The Morgan fingerprint density at radius 3 is 2.76 bits per heavy atom. The number of hydrogen-bond donors (Lipinski definition) is 5. The van der Waals surface area contributed by atoms with E-state index in [1.807, 2.05) is 24.3 Å². The second-order valence-electron chi connectivity index (χ2n) is 5.72. The Morgan fingerprint density at radius 2 is 2.04 bits per heavy atom. The Bertz CT molecular complexity index is 870. The number of nitrogens with zero attached hydrogens (tertiary/aromatic N) is 1. The number of hydrogen-bond acceptors (Lipinski definition) is 4. The molecule has 0 aliphatic carbocycles. The van der Waals surface area contributed by atoms with Gasteiger partial charge in [-0.2, -0.15) is 0 Å². The van der Waals surface area contributed by atoms with E-state index in [1.54, 1.807) is 12.4 Å². The Hall–Kier alpha value is -3.13. The number of carbonyl (C=O) groups excluding carboxylic acids is 2. The van der Waals surface area contributed by atoms with E-state index >= 15 is 0 Å². The number of H-pyrrole nitrogens is 2. The molecule has 0 fully saturated rings. The van der Waals surface area contributed by atoms with Crippen molar-refractivity contribution in [2.45, 2.75) is 18.5 Å². The van der Waals surface area contributed by atoms with Gasteiger partial charge in [-0.05, 0) is 6.07 Å². The van der Waals surface area contributed by atoms with Gasteiger partial charge in [0.05, 0.1) is 6.33 Å². The zero-order valence-corrected chi connectivity index (χ0v) is 13.7. The molecular weight excluding hydrogens is 320 g/mol. The summed E-state index contributed by atoms with van der Waals surface area (Å²) in [6.45, 7) is 0. The van der Waals surface area contributed by atoms with Crippen LogP contribution in [-0.4, -0.2) is 39.9 Å². The summed E-state index contributed by atoms with van der Waals surface area (Å²) in [5.74, 6) is -0.716. The van der Waals surface area contributed by atoms with Gasteiger partial charge >= 0.3 is 0 Å². The highest BCUT2D eigenvalue weighted by Crippen LogP contribution is 2.22. The lowest BCUT2D eigenvalue weighted by atomic mass is 10.0. The van der Waals surface area contributed by atoms with Crippen molar-refractivity contribution in [1.29, 1.82) is 0 Å². The van der Waals surface area contributed by atoms with E-state index in [4.69, 9.17) is 5.73 Å². The number of aromatic nitrogens is 3. The molecule has 0 saturated carbocycles. The smallest absolute Gasteiger partial charge is 0.242 e. The fraction of sp³-hybridized carbons (Fsp3) is 0.235. The summed E-state index contributed by atoms with van der Waals surface area (Å²) in [7, 11) is 1.52. The lowest BCUT2D eigenvalue weighted by Crippen LogP contribution is -2.49. The van der Waals surface area contributed by atoms with Crippen molar-refractivity contribution in [3.63, 3.8) is 0 Å². The average molecular weight is 340 g/mol. The molecule has 8 nitrogen and oxygen atoms in total. The number of nitrogens with one attached hydrogen (secondary N) is 4. The summed E-state index contributed by atoms with van der Waals surface area (Å²) in [4.78, 5) is 34.6. The Kier molecular flexibility index (Phi) is 4.80. The van der Waals surface area contributed by atoms with Crippen LogP contribution in [0.5, 0.6) is 0 Å². The van der Waals surface area contributed by atoms with Gasteiger partial charge in [0.1, 0.15) is 12.1 Å². The van der Waals surface area contributed by atoms with Crippen molar-refractivity contribution in [1.82, 2.24) is 25.6 Å². The number of likely N-dealkylation sites (N-methyl/N-ethyl adjacent to an activating group) is 1. The largest absolute Gasteiger partial charge is 0.361 e. The van der Waals surface area contributed by atoms with Crippen LogP contribution in [0.2, 0.25) is 0 Å². The number of rotatable bonds is 6. The van der Waals surface area contributed by atoms with Crippen LogP contribution >= 0.6 is 0 Å². The molecule has 130 valence electrons. The quantitative estimate of drug-likeness (QED) is 0.444. The minimum absolute atomic E-state index is 0.297. The van der Waals surface area contributed by atoms with Crippen LogP contribution in [0.1, 0.15) is 17.3 Å². The molecule has 6 N–H and O–H groups in total. The monoisotopic (exact) mass is 340 g/mol. The summed E-state index contributed by atoms with van der Waals surface area (Å²) in [6.07, 6.45) is 5.15. The maximum Gasteiger partial charge on any atom is 0.242 e. The highest BCUT2D eigenvalue weighted by Gasteiger charge is 2.25. The zero-order chi connectivity index (χ0) is 17.8. The van der Waals surface area contributed by atoms with E-state index in [1.165, 1.54) is 13.4 Å². The normalized spacial score (nSPS) is 13.4. The first-order valence-electron chi connectivity index (χ1n) is 7.91. The van der Waals surface area contributed by atoms with Gasteiger partial charge < -0.3 is 26.3 Å². The van der Waals surface area contributed by atoms with Crippen molar-refractivity contribution in [2.75, 3.05) is 7.05 Å². The lowest BCUT2D eigenvalue weighted by Gasteiger charge is -2.19. The summed E-state index contributed by atoms with van der Waals surface area (Å²) < 4.78 is 0. The number of aromatic amines is 2. The van der Waals surface area contributed by atoms with E-state index in [0.29, 0.717) is 12.0 Å². The van der Waals surface area contributed by atoms with Crippen LogP contribution in [0.3, 0.4) is 0 Å². The number of carbonyl (C=O) groups is 2. The van der Waals surface area contributed by atoms with E-state index in [9.17, 15) is 9.59 Å². The molecule has 3 aromatic rings. The van der Waals surface area contributed by atoms with Crippen molar-refractivity contribution >= 4 is 22.7 Å². The molecule has 2 heterocycles. The first-order valence-corrected chi connectivity index (χ1v) is 7.91. The second-order valence-corrected chi connectivity index (χ2v) is 5.72. The fourth-order valence-electron chi connectivity index (χ4n) is 2.75. The van der Waals surface area contributed by atoms with Crippen molar-refractivity contribution < 1.29 is 9.59 Å². The van der Waals surface area contributed by atoms with Crippen LogP contribution in [0.25, 0.3) is 10.9 Å². The number of amides is 2. The molecular formula is C17H20N6O2. The van der Waals surface area contributed by atoms with Crippen LogP contribution < -0.4 is 16.4 Å². The molecule has 0 saturated heterocycles. The van der Waals surface area contributed by atoms with Gasteiger partial charge in [-0.15, -0.1) is 0 Å². The highest BCUT2D eigenvalue weighted by molar-refractivity contribution is 5.94. The van der Waals surface area contributed by atoms with Crippen LogP contribution in [0, 0.1) is 0 Å². The van der Waals surface area contributed by atoms with Crippen molar-refractivity contribution in [2.24, 2.45) is 5.73 Å². The predicted octanol–water partition coefficient (Wildman–Crippen LogP) is 0.364. The lowest BCUT2D eigenvalue weighted by molar-refractivity contribution is -0.129. The van der Waals surface area contributed by atoms with Crippen LogP contribution in [0.4, 0.5) is 0 Å². The molecule has 8 heteroatoms. The number of para-hydroxylation sites is 1. The Labute approximate surface area is 144 Å². The molecule has 0 aliphatic heterocycles. The van der Waals surface area contributed by atoms with Gasteiger partial charge in [-0.1, -0.05) is 18.2 Å². The zero-order valence-electron chi connectivity index (χ0n) is 13.7.